The van der Waals surface area contributed by atoms with E-state index in [-0.39, 0.29) is 16.9 Å². The number of ketones is 1. The number of amides is 1. The zero-order valence-electron chi connectivity index (χ0n) is 15.4. The molecule has 144 valence electrons. The molecule has 0 aliphatic rings. The molecule has 2 aromatic carbocycles. The average Bonchev–Trinajstić information content (AvgIpc) is 3.16. The van der Waals surface area contributed by atoms with Crippen LogP contribution < -0.4 is 5.32 Å². The van der Waals surface area contributed by atoms with Gasteiger partial charge >= 0.3 is 0 Å². The summed E-state index contributed by atoms with van der Waals surface area (Å²) in [5, 5.41) is 3.23. The van der Waals surface area contributed by atoms with Crippen molar-refractivity contribution in [2.24, 2.45) is 0 Å². The molecule has 3 aromatic rings. The Kier molecular flexibility index (Phi) is 6.54. The number of carbonyl (C=O) groups is 2. The van der Waals surface area contributed by atoms with Crippen molar-refractivity contribution in [3.8, 4) is 11.5 Å². The highest BCUT2D eigenvalue weighted by Gasteiger charge is 2.15. The third kappa shape index (κ3) is 5.24. The SMILES string of the molecule is CC(=O)c1ccc(NC(=O)C(C)SCc2coc(-c3ccc(Cl)cc3)n2)cc1. The molecule has 7 heteroatoms. The lowest BCUT2D eigenvalue weighted by Crippen LogP contribution is -2.22. The highest BCUT2D eigenvalue weighted by atomic mass is 35.5. The second-order valence-corrected chi connectivity index (χ2v) is 7.99. The summed E-state index contributed by atoms with van der Waals surface area (Å²) in [6.07, 6.45) is 1.60. The molecule has 0 bridgehead atoms. The largest absolute Gasteiger partial charge is 0.444 e. The molecule has 0 saturated carbocycles. The van der Waals surface area contributed by atoms with Crippen molar-refractivity contribution in [2.45, 2.75) is 24.9 Å². The van der Waals surface area contributed by atoms with Crippen molar-refractivity contribution in [2.75, 3.05) is 5.32 Å². The molecule has 1 amide bonds. The summed E-state index contributed by atoms with van der Waals surface area (Å²) in [6, 6.07) is 14.1. The maximum absolute atomic E-state index is 12.4. The number of anilines is 1. The zero-order chi connectivity index (χ0) is 20.1. The van der Waals surface area contributed by atoms with E-state index in [0.29, 0.717) is 27.9 Å². The lowest BCUT2D eigenvalue weighted by atomic mass is 10.1. The number of aromatic nitrogens is 1. The van der Waals surface area contributed by atoms with E-state index in [1.807, 2.05) is 19.1 Å². The van der Waals surface area contributed by atoms with E-state index in [2.05, 4.69) is 10.3 Å². The fraction of sp³-hybridized carbons (Fsp3) is 0.190. The van der Waals surface area contributed by atoms with Crippen molar-refractivity contribution < 1.29 is 14.0 Å². The number of benzene rings is 2. The number of Topliss-reactive ketones (excluding diaryl/α,β-unsaturated/α-hetero) is 1. The normalized spacial score (nSPS) is 11.8. The number of thioether (sulfide) groups is 1. The van der Waals surface area contributed by atoms with Gasteiger partial charge in [0.2, 0.25) is 11.8 Å². The van der Waals surface area contributed by atoms with E-state index in [0.717, 1.165) is 11.3 Å². The fourth-order valence-corrected chi connectivity index (χ4v) is 3.31. The quantitative estimate of drug-likeness (QED) is 0.520. The summed E-state index contributed by atoms with van der Waals surface area (Å²) >= 11 is 7.36. The average molecular weight is 415 g/mol. The van der Waals surface area contributed by atoms with Crippen LogP contribution in [0, 0.1) is 0 Å². The summed E-state index contributed by atoms with van der Waals surface area (Å²) < 4.78 is 5.51. The van der Waals surface area contributed by atoms with E-state index >= 15 is 0 Å². The van der Waals surface area contributed by atoms with Crippen molar-refractivity contribution in [1.82, 2.24) is 4.98 Å². The minimum absolute atomic E-state index is 0.00705. The molecular formula is C21H19ClN2O3S. The molecule has 5 nitrogen and oxygen atoms in total. The van der Waals surface area contributed by atoms with Gasteiger partial charge in [0, 0.05) is 27.6 Å². The Morgan fingerprint density at radius 1 is 1.14 bits per heavy atom. The Bertz CT molecular complexity index is 968. The van der Waals surface area contributed by atoms with Crippen LogP contribution in [0.15, 0.2) is 59.2 Å². The molecule has 28 heavy (non-hydrogen) atoms. The number of nitrogens with zero attached hydrogens (tertiary/aromatic N) is 1. The molecule has 1 N–H and O–H groups in total. The molecule has 1 heterocycles. The molecule has 0 spiro atoms. The van der Waals surface area contributed by atoms with Gasteiger partial charge < -0.3 is 9.73 Å². The molecular weight excluding hydrogens is 396 g/mol. The first-order chi connectivity index (χ1) is 13.4. The van der Waals surface area contributed by atoms with E-state index in [1.54, 1.807) is 42.7 Å². The summed E-state index contributed by atoms with van der Waals surface area (Å²) in [4.78, 5) is 28.1. The van der Waals surface area contributed by atoms with Crippen molar-refractivity contribution in [3.63, 3.8) is 0 Å². The van der Waals surface area contributed by atoms with Crippen LogP contribution >= 0.6 is 23.4 Å². The second-order valence-electron chi connectivity index (χ2n) is 6.23. The minimum atomic E-state index is -0.275. The van der Waals surface area contributed by atoms with Crippen LogP contribution in [0.3, 0.4) is 0 Å². The van der Waals surface area contributed by atoms with Gasteiger partial charge in [-0.15, -0.1) is 11.8 Å². The molecule has 1 atom stereocenters. The Hall–Kier alpha value is -2.57. The number of hydrogen-bond donors (Lipinski definition) is 1. The number of rotatable bonds is 7. The molecule has 0 saturated heterocycles. The Morgan fingerprint density at radius 3 is 2.46 bits per heavy atom. The summed E-state index contributed by atoms with van der Waals surface area (Å²) in [6.45, 7) is 3.35. The second kappa shape index (κ2) is 9.08. The van der Waals surface area contributed by atoms with E-state index in [1.165, 1.54) is 18.7 Å². The van der Waals surface area contributed by atoms with Gasteiger partial charge in [0.25, 0.3) is 0 Å². The predicted molar refractivity (Wildman–Crippen MR) is 113 cm³/mol. The molecule has 1 unspecified atom stereocenters. The predicted octanol–water partition coefficient (Wildman–Crippen LogP) is 5.46. The fourth-order valence-electron chi connectivity index (χ4n) is 2.42. The Labute approximate surface area is 172 Å². The molecule has 0 fully saturated rings. The van der Waals surface area contributed by atoms with Crippen LogP contribution in [0.25, 0.3) is 11.5 Å². The molecule has 3 rings (SSSR count). The van der Waals surface area contributed by atoms with E-state index < -0.39 is 0 Å². The standard InChI is InChI=1S/C21H19ClN2O3S/c1-13(25)15-5-9-18(10-6-15)23-20(26)14(2)28-12-19-11-27-21(24-19)16-3-7-17(22)8-4-16/h3-11,14H,12H2,1-2H3,(H,23,26). The number of hydrogen-bond acceptors (Lipinski definition) is 5. The van der Waals surface area contributed by atoms with Crippen LogP contribution in [0.1, 0.15) is 29.9 Å². The van der Waals surface area contributed by atoms with Gasteiger partial charge in [-0.1, -0.05) is 11.6 Å². The minimum Gasteiger partial charge on any atom is -0.444 e. The zero-order valence-corrected chi connectivity index (χ0v) is 17.0. The first-order valence-corrected chi connectivity index (χ1v) is 10.1. The van der Waals surface area contributed by atoms with Crippen LogP contribution in [-0.2, 0) is 10.5 Å². The van der Waals surface area contributed by atoms with Gasteiger partial charge in [-0.3, -0.25) is 9.59 Å². The summed E-state index contributed by atoms with van der Waals surface area (Å²) in [7, 11) is 0. The van der Waals surface area contributed by atoms with Gasteiger partial charge in [0.05, 0.1) is 10.9 Å². The number of nitrogens with one attached hydrogen (secondary N) is 1. The maximum atomic E-state index is 12.4. The van der Waals surface area contributed by atoms with Gasteiger partial charge in [-0.05, 0) is 62.4 Å². The summed E-state index contributed by atoms with van der Waals surface area (Å²) in [5.74, 6) is 0.957. The van der Waals surface area contributed by atoms with Crippen LogP contribution in [0.4, 0.5) is 5.69 Å². The molecule has 0 aliphatic heterocycles. The number of oxazole rings is 1. The Morgan fingerprint density at radius 2 is 1.82 bits per heavy atom. The van der Waals surface area contributed by atoms with E-state index in [4.69, 9.17) is 16.0 Å². The number of halogens is 1. The highest BCUT2D eigenvalue weighted by molar-refractivity contribution is 7.99. The topological polar surface area (TPSA) is 72.2 Å². The van der Waals surface area contributed by atoms with E-state index in [9.17, 15) is 9.59 Å². The molecule has 0 aliphatic carbocycles. The monoisotopic (exact) mass is 414 g/mol. The lowest BCUT2D eigenvalue weighted by molar-refractivity contribution is -0.115. The number of carbonyl (C=O) groups excluding carboxylic acids is 2. The van der Waals surface area contributed by atoms with Crippen molar-refractivity contribution >= 4 is 40.7 Å². The van der Waals surface area contributed by atoms with Crippen molar-refractivity contribution in [3.05, 3.63) is 71.1 Å². The third-order valence-electron chi connectivity index (χ3n) is 4.05. The van der Waals surface area contributed by atoms with Crippen LogP contribution in [0.2, 0.25) is 5.02 Å². The third-order valence-corrected chi connectivity index (χ3v) is 5.48. The van der Waals surface area contributed by atoms with Gasteiger partial charge in [-0.25, -0.2) is 4.98 Å². The summed E-state index contributed by atoms with van der Waals surface area (Å²) in [5.41, 5.74) is 2.89. The van der Waals surface area contributed by atoms with Gasteiger partial charge in [0.1, 0.15) is 6.26 Å². The van der Waals surface area contributed by atoms with Crippen LogP contribution in [-0.4, -0.2) is 21.9 Å². The smallest absolute Gasteiger partial charge is 0.237 e. The Balaban J connectivity index is 1.53. The first kappa shape index (κ1) is 20.2. The molecule has 1 aromatic heterocycles. The maximum Gasteiger partial charge on any atom is 0.237 e. The first-order valence-electron chi connectivity index (χ1n) is 8.66. The molecule has 0 radical (unpaired) electrons. The van der Waals surface area contributed by atoms with Crippen molar-refractivity contribution in [1.29, 1.82) is 0 Å². The highest BCUT2D eigenvalue weighted by Crippen LogP contribution is 2.24. The van der Waals surface area contributed by atoms with Crippen LogP contribution in [0.5, 0.6) is 0 Å². The van der Waals surface area contributed by atoms with Gasteiger partial charge in [-0.2, -0.15) is 0 Å². The lowest BCUT2D eigenvalue weighted by Gasteiger charge is -2.11. The van der Waals surface area contributed by atoms with Gasteiger partial charge in [0.15, 0.2) is 5.78 Å².